The normalized spacial score (nSPS) is 58.4. The first-order valence-electron chi connectivity index (χ1n) is 9.08. The molecular weight excluding hydrogens is 280 g/mol. The minimum absolute atomic E-state index is 0.0178. The van der Waals surface area contributed by atoms with E-state index >= 15 is 0 Å². The van der Waals surface area contributed by atoms with Gasteiger partial charge in [0.15, 0.2) is 0 Å². The molecule has 6 rings (SSSR count). The summed E-state index contributed by atoms with van der Waals surface area (Å²) in [7, 11) is 0. The van der Waals surface area contributed by atoms with Crippen molar-refractivity contribution in [1.29, 1.82) is 0 Å². The molecule has 1 spiro atoms. The van der Waals surface area contributed by atoms with Gasteiger partial charge in [0.25, 0.3) is 0 Å². The highest BCUT2D eigenvalue weighted by molar-refractivity contribution is 5.78. The van der Waals surface area contributed by atoms with E-state index in [4.69, 9.17) is 4.74 Å². The Morgan fingerprint density at radius 2 is 1.68 bits per heavy atom. The van der Waals surface area contributed by atoms with Crippen molar-refractivity contribution in [2.24, 2.45) is 29.1 Å². The Balaban J connectivity index is 1.67. The Labute approximate surface area is 131 Å². The number of rotatable bonds is 2. The third-order valence-corrected chi connectivity index (χ3v) is 8.04. The van der Waals surface area contributed by atoms with Crippen molar-refractivity contribution >= 4 is 5.97 Å². The van der Waals surface area contributed by atoms with Gasteiger partial charge in [-0.15, -0.1) is 0 Å². The topological polar surface area (TPSA) is 66.8 Å². The van der Waals surface area contributed by atoms with Crippen molar-refractivity contribution < 1.29 is 19.7 Å². The zero-order valence-electron chi connectivity index (χ0n) is 13.1. The molecule has 6 bridgehead atoms. The van der Waals surface area contributed by atoms with Crippen LogP contribution in [0, 0.1) is 29.1 Å². The van der Waals surface area contributed by atoms with Gasteiger partial charge >= 0.3 is 5.97 Å². The molecule has 2 atom stereocenters. The molecule has 0 amide bonds. The number of aliphatic carboxylic acids is 1. The fourth-order valence-corrected chi connectivity index (χ4v) is 7.67. The number of ether oxygens (including phenoxy) is 1. The van der Waals surface area contributed by atoms with Crippen LogP contribution in [0.15, 0.2) is 0 Å². The molecule has 5 saturated carbocycles. The fraction of sp³-hybridized carbons (Fsp3) is 0.944. The van der Waals surface area contributed by atoms with Crippen LogP contribution in [0.4, 0.5) is 0 Å². The second kappa shape index (κ2) is 4.07. The van der Waals surface area contributed by atoms with Crippen molar-refractivity contribution in [3.8, 4) is 0 Å². The number of aliphatic hydroxyl groups is 1. The van der Waals surface area contributed by atoms with Crippen LogP contribution >= 0.6 is 0 Å². The van der Waals surface area contributed by atoms with Crippen LogP contribution in [-0.4, -0.2) is 34.0 Å². The van der Waals surface area contributed by atoms with Crippen molar-refractivity contribution in [2.75, 3.05) is 6.61 Å². The van der Waals surface area contributed by atoms with E-state index in [0.29, 0.717) is 18.3 Å². The molecule has 1 saturated heterocycles. The average Bonchev–Trinajstić information content (AvgIpc) is 2.71. The predicted molar refractivity (Wildman–Crippen MR) is 79.2 cm³/mol. The number of hydrogen-bond acceptors (Lipinski definition) is 3. The lowest BCUT2D eigenvalue weighted by Gasteiger charge is -2.63. The van der Waals surface area contributed by atoms with Crippen LogP contribution in [0.3, 0.4) is 0 Å². The largest absolute Gasteiger partial charge is 0.481 e. The Bertz CT molecular complexity index is 501. The van der Waals surface area contributed by atoms with Crippen LogP contribution in [-0.2, 0) is 9.53 Å². The Morgan fingerprint density at radius 1 is 1.05 bits per heavy atom. The minimum Gasteiger partial charge on any atom is -0.481 e. The molecule has 0 aromatic heterocycles. The second-order valence-corrected chi connectivity index (χ2v) is 8.96. The van der Waals surface area contributed by atoms with E-state index < -0.39 is 22.6 Å². The van der Waals surface area contributed by atoms with E-state index in [1.165, 1.54) is 6.42 Å². The molecule has 5 aliphatic carbocycles. The highest BCUT2D eigenvalue weighted by Gasteiger charge is 2.76. The standard InChI is InChI=1S/C18H26O4/c19-10-16-2-1-3-17(9-16,15(20)21)18(22-16)13-5-11-4-12(7-13)8-14(18)6-11/h11-14,19H,1-10H2,(H,20,21)/t11?,12?,13?,14?,16-,17+,18?/m1/s1. The van der Waals surface area contributed by atoms with Crippen LogP contribution in [0.25, 0.3) is 0 Å². The Hall–Kier alpha value is -0.610. The van der Waals surface area contributed by atoms with E-state index in [9.17, 15) is 15.0 Å². The number of hydrogen-bond donors (Lipinski definition) is 2. The molecule has 6 fully saturated rings. The van der Waals surface area contributed by atoms with E-state index in [1.807, 2.05) is 0 Å². The van der Waals surface area contributed by atoms with Gasteiger partial charge in [-0.3, -0.25) is 4.79 Å². The number of carboxylic acids is 1. The number of fused-ring (bicyclic) bond motifs is 2. The van der Waals surface area contributed by atoms with Crippen molar-refractivity contribution in [2.45, 2.75) is 69.0 Å². The van der Waals surface area contributed by atoms with Crippen LogP contribution in [0.2, 0.25) is 0 Å². The van der Waals surface area contributed by atoms with Crippen LogP contribution in [0.1, 0.15) is 57.8 Å². The van der Waals surface area contributed by atoms with Crippen molar-refractivity contribution in [1.82, 2.24) is 0 Å². The van der Waals surface area contributed by atoms with Gasteiger partial charge < -0.3 is 14.9 Å². The molecule has 0 aromatic carbocycles. The zero-order chi connectivity index (χ0) is 15.2. The van der Waals surface area contributed by atoms with Gasteiger partial charge in [-0.1, -0.05) is 0 Å². The zero-order valence-corrected chi connectivity index (χ0v) is 13.1. The first kappa shape index (κ1) is 13.8. The van der Waals surface area contributed by atoms with Crippen LogP contribution in [0.5, 0.6) is 0 Å². The quantitative estimate of drug-likeness (QED) is 0.823. The predicted octanol–water partition coefficient (Wildman–Crippen LogP) is 2.59. The van der Waals surface area contributed by atoms with Crippen molar-refractivity contribution in [3.63, 3.8) is 0 Å². The molecule has 6 aliphatic rings. The summed E-state index contributed by atoms with van der Waals surface area (Å²) in [4.78, 5) is 12.4. The van der Waals surface area contributed by atoms with Gasteiger partial charge in [0.2, 0.25) is 0 Å². The Morgan fingerprint density at radius 3 is 2.23 bits per heavy atom. The maximum absolute atomic E-state index is 12.4. The molecule has 122 valence electrons. The minimum atomic E-state index is -0.739. The van der Waals surface area contributed by atoms with Gasteiger partial charge in [-0.2, -0.15) is 0 Å². The van der Waals surface area contributed by atoms with Gasteiger partial charge in [-0.25, -0.2) is 0 Å². The van der Waals surface area contributed by atoms with Gasteiger partial charge in [0.1, 0.15) is 5.41 Å². The maximum atomic E-state index is 12.4. The SMILES string of the molecule is O=C(O)[C@]12CCC[C@](CO)(C1)OC21C2CC3CC(C2)CC1C3. The lowest BCUT2D eigenvalue weighted by molar-refractivity contribution is -0.251. The first-order valence-corrected chi connectivity index (χ1v) is 9.08. The summed E-state index contributed by atoms with van der Waals surface area (Å²) in [6.07, 6.45) is 8.96. The van der Waals surface area contributed by atoms with E-state index in [2.05, 4.69) is 0 Å². The Kier molecular flexibility index (Phi) is 2.55. The maximum Gasteiger partial charge on any atom is 0.312 e. The summed E-state index contributed by atoms with van der Waals surface area (Å²) in [5, 5.41) is 20.2. The molecule has 4 heteroatoms. The van der Waals surface area contributed by atoms with Crippen LogP contribution < -0.4 is 0 Å². The summed E-state index contributed by atoms with van der Waals surface area (Å²) in [6, 6.07) is 0. The molecule has 4 nitrogen and oxygen atoms in total. The summed E-state index contributed by atoms with van der Waals surface area (Å²) in [5.74, 6) is 1.76. The lowest BCUT2D eigenvalue weighted by Crippen LogP contribution is -2.66. The lowest BCUT2D eigenvalue weighted by atomic mass is 9.43. The van der Waals surface area contributed by atoms with E-state index in [0.717, 1.165) is 56.8 Å². The summed E-state index contributed by atoms with van der Waals surface area (Å²) in [6.45, 7) is -0.0178. The average molecular weight is 306 g/mol. The summed E-state index contributed by atoms with van der Waals surface area (Å²) < 4.78 is 6.72. The molecule has 1 aliphatic heterocycles. The smallest absolute Gasteiger partial charge is 0.312 e. The summed E-state index contributed by atoms with van der Waals surface area (Å²) >= 11 is 0. The van der Waals surface area contributed by atoms with Crippen molar-refractivity contribution in [3.05, 3.63) is 0 Å². The second-order valence-electron chi connectivity index (χ2n) is 8.96. The highest BCUT2D eigenvalue weighted by atomic mass is 16.5. The fourth-order valence-electron chi connectivity index (χ4n) is 7.67. The molecule has 2 N–H and O–H groups in total. The molecule has 1 heterocycles. The third-order valence-electron chi connectivity index (χ3n) is 8.04. The molecular formula is C18H26O4. The van der Waals surface area contributed by atoms with E-state index in [-0.39, 0.29) is 6.61 Å². The monoisotopic (exact) mass is 306 g/mol. The third kappa shape index (κ3) is 1.36. The molecule has 0 unspecified atom stereocenters. The number of carboxylic acid groups (broad SMARTS) is 1. The summed E-state index contributed by atoms with van der Waals surface area (Å²) in [5.41, 5.74) is -1.80. The number of carbonyl (C=O) groups is 1. The highest BCUT2D eigenvalue weighted by Crippen LogP contribution is 2.72. The molecule has 22 heavy (non-hydrogen) atoms. The first-order chi connectivity index (χ1) is 10.5. The number of aliphatic hydroxyl groups excluding tert-OH is 1. The van der Waals surface area contributed by atoms with Gasteiger partial charge in [0.05, 0.1) is 17.8 Å². The van der Waals surface area contributed by atoms with E-state index in [1.54, 1.807) is 0 Å². The van der Waals surface area contributed by atoms with Gasteiger partial charge in [0, 0.05) is 0 Å². The molecule has 0 radical (unpaired) electrons. The molecule has 0 aromatic rings. The van der Waals surface area contributed by atoms with Gasteiger partial charge in [-0.05, 0) is 81.5 Å².